The number of carbonyl (C=O) groups excluding carboxylic acids is 1. The van der Waals surface area contributed by atoms with Crippen LogP contribution < -0.4 is 5.32 Å². The second-order valence-electron chi connectivity index (χ2n) is 2.67. The molecule has 0 aromatic rings. The molecule has 2 aliphatic heterocycles. The third-order valence-corrected chi connectivity index (χ3v) is 1.96. The molecule has 0 saturated heterocycles. The predicted octanol–water partition coefficient (Wildman–Crippen LogP) is -0.658. The fourth-order valence-electron chi connectivity index (χ4n) is 1.33. The molecular formula is C7H9N3O. The summed E-state index contributed by atoms with van der Waals surface area (Å²) in [6.45, 7) is 0.597. The van der Waals surface area contributed by atoms with Gasteiger partial charge < -0.3 is 4.90 Å². The maximum absolute atomic E-state index is 11.1. The Morgan fingerprint density at radius 1 is 1.82 bits per heavy atom. The minimum atomic E-state index is 0.0471. The molecule has 58 valence electrons. The van der Waals surface area contributed by atoms with Crippen molar-refractivity contribution in [2.75, 3.05) is 13.7 Å². The van der Waals surface area contributed by atoms with E-state index in [9.17, 15) is 4.79 Å². The SMILES string of the molecule is CN1C(=O)C=C2C=NCNC21. The lowest BCUT2D eigenvalue weighted by Gasteiger charge is -2.24. The van der Waals surface area contributed by atoms with Crippen molar-refractivity contribution in [3.63, 3.8) is 0 Å². The van der Waals surface area contributed by atoms with Gasteiger partial charge in [-0.1, -0.05) is 0 Å². The molecule has 1 atom stereocenters. The Kier molecular flexibility index (Phi) is 1.29. The van der Waals surface area contributed by atoms with Gasteiger partial charge in [-0.2, -0.15) is 0 Å². The number of likely N-dealkylation sites (N-methyl/N-ethyl adjacent to an activating group) is 1. The number of rotatable bonds is 0. The van der Waals surface area contributed by atoms with E-state index in [4.69, 9.17) is 0 Å². The highest BCUT2D eigenvalue weighted by Crippen LogP contribution is 2.15. The Bertz CT molecular complexity index is 256. The summed E-state index contributed by atoms with van der Waals surface area (Å²) in [7, 11) is 1.78. The maximum atomic E-state index is 11.1. The zero-order chi connectivity index (χ0) is 7.84. The first-order valence-corrected chi connectivity index (χ1v) is 3.50. The summed E-state index contributed by atoms with van der Waals surface area (Å²) in [6.07, 6.45) is 3.42. The average molecular weight is 151 g/mol. The van der Waals surface area contributed by atoms with E-state index in [-0.39, 0.29) is 12.1 Å². The van der Waals surface area contributed by atoms with Gasteiger partial charge in [-0.25, -0.2) is 0 Å². The first-order valence-electron chi connectivity index (χ1n) is 3.50. The van der Waals surface area contributed by atoms with Gasteiger partial charge in [0.05, 0.1) is 6.67 Å². The Morgan fingerprint density at radius 3 is 3.36 bits per heavy atom. The van der Waals surface area contributed by atoms with Crippen molar-refractivity contribution in [2.24, 2.45) is 4.99 Å². The highest BCUT2D eigenvalue weighted by Gasteiger charge is 2.29. The zero-order valence-corrected chi connectivity index (χ0v) is 6.24. The van der Waals surface area contributed by atoms with Crippen molar-refractivity contribution >= 4 is 12.1 Å². The largest absolute Gasteiger partial charge is 0.322 e. The Labute approximate surface area is 64.6 Å². The number of amides is 1. The van der Waals surface area contributed by atoms with Gasteiger partial charge in [0.15, 0.2) is 0 Å². The van der Waals surface area contributed by atoms with Crippen molar-refractivity contribution in [1.29, 1.82) is 0 Å². The molecule has 4 heteroatoms. The number of fused-ring (bicyclic) bond motifs is 1. The van der Waals surface area contributed by atoms with Crippen LogP contribution in [0.25, 0.3) is 0 Å². The molecule has 0 radical (unpaired) electrons. The van der Waals surface area contributed by atoms with E-state index in [0.717, 1.165) is 5.57 Å². The number of hydrogen-bond acceptors (Lipinski definition) is 3. The van der Waals surface area contributed by atoms with Crippen molar-refractivity contribution in [3.05, 3.63) is 11.6 Å². The van der Waals surface area contributed by atoms with Crippen LogP contribution in [0.3, 0.4) is 0 Å². The lowest BCUT2D eigenvalue weighted by atomic mass is 10.2. The van der Waals surface area contributed by atoms with E-state index in [0.29, 0.717) is 6.67 Å². The van der Waals surface area contributed by atoms with Gasteiger partial charge in [0.1, 0.15) is 6.17 Å². The van der Waals surface area contributed by atoms with Crippen LogP contribution in [0.2, 0.25) is 0 Å². The van der Waals surface area contributed by atoms with Crippen LogP contribution in [0.4, 0.5) is 0 Å². The first-order chi connectivity index (χ1) is 5.29. The molecule has 0 saturated carbocycles. The van der Waals surface area contributed by atoms with Crippen molar-refractivity contribution in [1.82, 2.24) is 10.2 Å². The van der Waals surface area contributed by atoms with Gasteiger partial charge in [0.2, 0.25) is 5.91 Å². The molecule has 2 rings (SSSR count). The molecule has 11 heavy (non-hydrogen) atoms. The van der Waals surface area contributed by atoms with E-state index in [1.54, 1.807) is 24.2 Å². The molecule has 1 unspecified atom stereocenters. The summed E-state index contributed by atoms with van der Waals surface area (Å²) in [5, 5.41) is 3.10. The van der Waals surface area contributed by atoms with E-state index in [1.807, 2.05) is 0 Å². The van der Waals surface area contributed by atoms with Gasteiger partial charge in [0, 0.05) is 24.9 Å². The maximum Gasteiger partial charge on any atom is 0.248 e. The van der Waals surface area contributed by atoms with Crippen LogP contribution >= 0.6 is 0 Å². The number of nitrogens with one attached hydrogen (secondary N) is 1. The fraction of sp³-hybridized carbons (Fsp3) is 0.429. The molecule has 0 bridgehead atoms. The van der Waals surface area contributed by atoms with Crippen molar-refractivity contribution < 1.29 is 4.79 Å². The summed E-state index contributed by atoms with van der Waals surface area (Å²) in [6, 6.07) is 0. The molecule has 0 aromatic carbocycles. The van der Waals surface area contributed by atoms with E-state index >= 15 is 0 Å². The predicted molar refractivity (Wildman–Crippen MR) is 41.1 cm³/mol. The lowest BCUT2D eigenvalue weighted by Crippen LogP contribution is -2.45. The Hall–Kier alpha value is -1.16. The normalized spacial score (nSPS) is 28.8. The van der Waals surface area contributed by atoms with Crippen molar-refractivity contribution in [3.8, 4) is 0 Å². The quantitative estimate of drug-likeness (QED) is 0.499. The fourth-order valence-corrected chi connectivity index (χ4v) is 1.33. The molecule has 1 N–H and O–H groups in total. The van der Waals surface area contributed by atoms with Gasteiger partial charge >= 0.3 is 0 Å². The topological polar surface area (TPSA) is 44.7 Å². The second kappa shape index (κ2) is 2.17. The Balaban J connectivity index is 2.33. The average Bonchev–Trinajstić information content (AvgIpc) is 2.30. The molecule has 0 fully saturated rings. The van der Waals surface area contributed by atoms with Crippen LogP contribution in [-0.2, 0) is 4.79 Å². The van der Waals surface area contributed by atoms with E-state index in [2.05, 4.69) is 10.3 Å². The highest BCUT2D eigenvalue weighted by molar-refractivity contribution is 6.00. The summed E-state index contributed by atoms with van der Waals surface area (Å²) < 4.78 is 0. The lowest BCUT2D eigenvalue weighted by molar-refractivity contribution is -0.125. The van der Waals surface area contributed by atoms with E-state index in [1.165, 1.54) is 0 Å². The third kappa shape index (κ3) is 0.867. The van der Waals surface area contributed by atoms with Gasteiger partial charge in [-0.3, -0.25) is 15.1 Å². The van der Waals surface area contributed by atoms with Crippen LogP contribution in [0.15, 0.2) is 16.6 Å². The van der Waals surface area contributed by atoms with Gasteiger partial charge in [-0.15, -0.1) is 0 Å². The summed E-state index contributed by atoms with van der Waals surface area (Å²) >= 11 is 0. The molecule has 0 aromatic heterocycles. The third-order valence-electron chi connectivity index (χ3n) is 1.96. The molecule has 4 nitrogen and oxygen atoms in total. The minimum Gasteiger partial charge on any atom is -0.322 e. The molecule has 1 amide bonds. The van der Waals surface area contributed by atoms with E-state index < -0.39 is 0 Å². The van der Waals surface area contributed by atoms with Crippen LogP contribution in [0, 0.1) is 0 Å². The highest BCUT2D eigenvalue weighted by atomic mass is 16.2. The summed E-state index contributed by atoms with van der Waals surface area (Å²) in [5.74, 6) is 0.0471. The number of nitrogens with zero attached hydrogens (tertiary/aromatic N) is 2. The van der Waals surface area contributed by atoms with Gasteiger partial charge in [-0.05, 0) is 0 Å². The van der Waals surface area contributed by atoms with Gasteiger partial charge in [0.25, 0.3) is 0 Å². The van der Waals surface area contributed by atoms with Crippen LogP contribution in [0.5, 0.6) is 0 Å². The molecule has 2 aliphatic rings. The first kappa shape index (κ1) is 6.54. The monoisotopic (exact) mass is 151 g/mol. The molecule has 0 aliphatic carbocycles. The van der Waals surface area contributed by atoms with Crippen LogP contribution in [0.1, 0.15) is 0 Å². The van der Waals surface area contributed by atoms with Crippen molar-refractivity contribution in [2.45, 2.75) is 6.17 Å². The second-order valence-corrected chi connectivity index (χ2v) is 2.67. The molecular weight excluding hydrogens is 142 g/mol. The number of hydrogen-bond donors (Lipinski definition) is 1. The smallest absolute Gasteiger partial charge is 0.248 e. The summed E-state index contributed by atoms with van der Waals surface area (Å²) in [4.78, 5) is 16.8. The molecule has 2 heterocycles. The minimum absolute atomic E-state index is 0.0471. The standard InChI is InChI=1S/C7H9N3O/c1-10-6(11)2-5-3-8-4-9-7(5)10/h2-3,7,9H,4H2,1H3. The Morgan fingerprint density at radius 2 is 2.64 bits per heavy atom. The summed E-state index contributed by atoms with van der Waals surface area (Å²) in [5.41, 5.74) is 0.962. The molecule has 0 spiro atoms. The zero-order valence-electron chi connectivity index (χ0n) is 6.24. The van der Waals surface area contributed by atoms with Crippen LogP contribution in [-0.4, -0.2) is 36.9 Å². The number of aliphatic imine (C=N–C) groups is 1. The number of carbonyl (C=O) groups is 1.